The monoisotopic (exact) mass is 1780 g/mol. The Balaban J connectivity index is 0.000000234. The van der Waals surface area contributed by atoms with Gasteiger partial charge in [-0.15, -0.1) is 0 Å². The number of nitrogens with one attached hydrogen (secondary N) is 4. The second-order valence-corrected chi connectivity index (χ2v) is 36.4. The third kappa shape index (κ3) is 25.9. The minimum Gasteiger partial charge on any atom is -0.394 e. The average molecular weight is 1780 g/mol. The Bertz CT molecular complexity index is 4990. The van der Waals surface area contributed by atoms with Crippen LogP contribution in [0.4, 0.5) is 0 Å². The lowest BCUT2D eigenvalue weighted by molar-refractivity contribution is -0.118. The molecule has 0 saturated carbocycles. The summed E-state index contributed by atoms with van der Waals surface area (Å²) >= 11 is 10.4. The first-order chi connectivity index (χ1) is 50.9. The second-order valence-electron chi connectivity index (χ2n) is 22.7. The number of aliphatic hydroxyl groups excluding tert-OH is 9. The maximum atomic E-state index is 12.3. The van der Waals surface area contributed by atoms with Gasteiger partial charge in [0.25, 0.3) is 22.2 Å². The van der Waals surface area contributed by atoms with Crippen molar-refractivity contribution in [3.63, 3.8) is 0 Å². The van der Waals surface area contributed by atoms with E-state index in [1.54, 1.807) is 0 Å². The largest absolute Gasteiger partial charge is 0.492 e. The van der Waals surface area contributed by atoms with Crippen LogP contribution in [0.5, 0.6) is 0 Å². The number of phosphoric ester groups is 1. The highest BCUT2D eigenvalue weighted by atomic mass is 35.9. The zero-order valence-corrected chi connectivity index (χ0v) is 62.3. The van der Waals surface area contributed by atoms with Crippen LogP contribution < -0.4 is 67.9 Å². The van der Waals surface area contributed by atoms with E-state index >= 15 is 0 Å². The molecule has 0 aromatic carbocycles. The van der Waals surface area contributed by atoms with Gasteiger partial charge in [-0.25, -0.2) is 46.6 Å². The Labute approximate surface area is 619 Å². The number of nitrogens with two attached hydrogens (primary N) is 4. The number of rotatable bonds is 26. The van der Waals surface area contributed by atoms with Gasteiger partial charge in [0.05, 0.1) is 52.1 Å². The molecule has 5 fully saturated rings. The van der Waals surface area contributed by atoms with Gasteiger partial charge in [0.1, 0.15) is 73.2 Å². The number of phosphoric acid groups is 6. The highest BCUT2D eigenvalue weighted by molar-refractivity contribution is 8.05. The predicted molar refractivity (Wildman–Crippen MR) is 349 cm³/mol. The second kappa shape index (κ2) is 37.1. The standard InChI is InChI=1S/C11H14Cl2N3O8P.C11H18N3O16P3.C11H16N3O15P3.C11H15N3O7/c12-25(13,22)23-3-5-7(18)8(19)10(24-5)16-2-4(1-6(14)17)9(20)15-11(16)21;12-6(15)1-4-2-14(11(19)13-9(4)18)10-8(17)7(16)5(28-10)3-27-32(23,24)30-33(25,26)29-31(20,21)22;12-6(15)1-4-2-14(11(19)13-9(4)18)10-8(17)7(16)5(26-10)3-25-32(24)28-30(20,21)27-31(22,23)29-32;12-6(16)1-4-2-14(11(20)13-9(4)19)10-8(18)7(17)5(3-15)21-10/h2,5,7-8,10,18-19H,1,3H2,(H2,14,17)(H,15,20,21);2,5,7-8,10,16-17H,1,3H2,(H2,12,15)(H,23,24)(H,25,26)(H,13,18,19)(H2,20,21,22);2,5,7-8,10,16-17H,1,3H2,(H2,12,15)(H,20,21)(H,22,23)(H,13,18,19);2,5,7-8,10,15,17-18H,1,3H2,(H2,12,16)(H,13,19,20)/t4*5-,7+,8?,10-/m1111/s1. The quantitative estimate of drug-likeness (QED) is 0.0260. The number of aliphatic hydroxyl groups is 9. The van der Waals surface area contributed by atoms with Crippen LogP contribution in [0, 0.1) is 0 Å². The van der Waals surface area contributed by atoms with E-state index in [9.17, 15) is 145 Å². The molecule has 4 aromatic heterocycles. The van der Waals surface area contributed by atoms with Gasteiger partial charge < -0.3 is 122 Å². The number of hydrogen-bond acceptors (Lipinski definition) is 40. The number of aromatic nitrogens is 8. The molecule has 8 unspecified atom stereocenters. The summed E-state index contributed by atoms with van der Waals surface area (Å²) in [6.45, 7) is -3.20. The predicted octanol–water partition coefficient (Wildman–Crippen LogP) is -10.9. The van der Waals surface area contributed by atoms with Crippen LogP contribution in [0.1, 0.15) is 47.2 Å². The number of ether oxygens (including phenoxy) is 4. The van der Waals surface area contributed by atoms with E-state index in [2.05, 4.69) is 35.1 Å². The van der Waals surface area contributed by atoms with Crippen molar-refractivity contribution >= 4 is 99.1 Å². The molecular weight excluding hydrogens is 1720 g/mol. The molecule has 0 aliphatic carbocycles. The molecule has 0 radical (unpaired) electrons. The number of hydrogen-bond donors (Lipinski definition) is 23. The maximum Gasteiger partial charge on any atom is 0.492 e. The number of carbonyl (C=O) groups is 4. The van der Waals surface area contributed by atoms with E-state index in [1.807, 2.05) is 19.9 Å². The molecule has 624 valence electrons. The fourth-order valence-corrected chi connectivity index (χ4v) is 18.4. The number of amides is 4. The average Bonchev–Trinajstić information content (AvgIpc) is 0.933. The van der Waals surface area contributed by atoms with E-state index in [-0.39, 0.29) is 22.3 Å². The van der Waals surface area contributed by atoms with E-state index in [4.69, 9.17) is 84.2 Å². The summed E-state index contributed by atoms with van der Waals surface area (Å²) < 4.78 is 136. The van der Waals surface area contributed by atoms with Crippen LogP contribution in [-0.2, 0) is 131 Å². The van der Waals surface area contributed by atoms with E-state index in [1.165, 1.54) is 0 Å². The third-order valence-electron chi connectivity index (χ3n) is 14.5. The molecule has 20 atom stereocenters. The first kappa shape index (κ1) is 93.6. The number of aromatic amines is 4. The molecule has 9 rings (SSSR count). The van der Waals surface area contributed by atoms with Crippen molar-refractivity contribution in [1.29, 1.82) is 0 Å². The summed E-state index contributed by atoms with van der Waals surface area (Å²) in [5, 5.41) is 89.1. The van der Waals surface area contributed by atoms with Gasteiger partial charge >= 0.3 is 75.8 Å². The Morgan fingerprint density at radius 2 is 0.703 bits per heavy atom. The lowest BCUT2D eigenvalue weighted by Crippen LogP contribution is -2.39. The van der Waals surface area contributed by atoms with Gasteiger partial charge in [-0.3, -0.25) is 90.2 Å². The van der Waals surface area contributed by atoms with Gasteiger partial charge in [0.2, 0.25) is 23.6 Å². The minimum absolute atomic E-state index is 0.0835. The SMILES string of the molecule is NC(=O)Cc1cn([C@@H]2O[C@H](CO)[C@H](O)C2O)c(=O)[nH]c1=O.NC(=O)Cc1cn([C@@H]2O[C@H](COP(=O)(Cl)Cl)[C@H](O)C2O)c(=O)[nH]c1=O.NC(=O)Cc1cn([C@@H]2O[C@H](COP(=O)(O)OP(=O)(O)OP(=O)(O)O)[C@H](O)C2O)c(=O)[nH]c1=O.NC(=O)Cc1cn([C@@H]2O[C@H](COP3(=O)OP(=O)(O)OP(=O)(O)O3)[C@H](O)C2O)c(=O)[nH]c1=O. The summed E-state index contributed by atoms with van der Waals surface area (Å²) in [5.74, 6) is -3.40. The first-order valence-electron chi connectivity index (χ1n) is 29.5. The van der Waals surface area contributed by atoms with Crippen LogP contribution >= 0.6 is 75.5 Å². The van der Waals surface area contributed by atoms with Gasteiger partial charge in [0.15, 0.2) is 24.9 Å². The van der Waals surface area contributed by atoms with E-state index < -0.39 is 272 Å². The van der Waals surface area contributed by atoms with Crippen LogP contribution in [-0.4, -0.2) is 237 Å². The molecule has 0 bridgehead atoms. The van der Waals surface area contributed by atoms with E-state index in [0.717, 1.165) is 33.9 Å². The van der Waals surface area contributed by atoms with Gasteiger partial charge in [-0.05, 0) is 22.5 Å². The van der Waals surface area contributed by atoms with Crippen molar-refractivity contribution in [2.75, 3.05) is 26.4 Å². The van der Waals surface area contributed by atoms with Crippen molar-refractivity contribution in [3.8, 4) is 0 Å². The first-order valence-corrected chi connectivity index (χ1v) is 41.9. The summed E-state index contributed by atoms with van der Waals surface area (Å²) in [5.41, 5.74) is 11.7. The molecule has 4 amide bonds. The number of halogens is 2. The Kier molecular flexibility index (Phi) is 31.3. The smallest absolute Gasteiger partial charge is 0.394 e. The Hall–Kier alpha value is -6.29. The highest BCUT2D eigenvalue weighted by Crippen LogP contribution is 2.80. The topological polar surface area (TPSA) is 926 Å². The lowest BCUT2D eigenvalue weighted by Gasteiger charge is -2.27. The fraction of sp³-hybridized carbons (Fsp3) is 0.545. The minimum atomic E-state index is -5.78. The van der Waals surface area contributed by atoms with Crippen molar-refractivity contribution < 1.29 is 181 Å². The normalized spacial score (nSPS) is 31.0. The Morgan fingerprint density at radius 3 is 0.964 bits per heavy atom. The Morgan fingerprint density at radius 1 is 0.432 bits per heavy atom. The van der Waals surface area contributed by atoms with Crippen LogP contribution in [0.2, 0.25) is 0 Å². The molecule has 5 saturated heterocycles. The molecule has 5 aliphatic rings. The molecular formula is C44H63Cl2N12O46P7. The number of nitrogens with zero attached hydrogens (tertiary/aromatic N) is 4. The van der Waals surface area contributed by atoms with Gasteiger partial charge in [-0.2, -0.15) is 21.6 Å². The van der Waals surface area contributed by atoms with Crippen molar-refractivity contribution in [2.45, 2.75) is 124 Å². The molecule has 27 N–H and O–H groups in total. The molecule has 4 aromatic rings. The number of H-pyrrole nitrogens is 4. The summed E-state index contributed by atoms with van der Waals surface area (Å²) in [6, 6.07) is 0. The molecule has 67 heteroatoms. The lowest BCUT2D eigenvalue weighted by atomic mass is 10.1. The van der Waals surface area contributed by atoms with Crippen LogP contribution in [0.15, 0.2) is 63.1 Å². The van der Waals surface area contributed by atoms with Crippen molar-refractivity contribution in [3.05, 3.63) is 130 Å². The van der Waals surface area contributed by atoms with Crippen molar-refractivity contribution in [1.82, 2.24) is 38.2 Å². The van der Waals surface area contributed by atoms with Crippen LogP contribution in [0.25, 0.3) is 0 Å². The molecule has 0 spiro atoms. The third-order valence-corrected chi connectivity index (χ3v) is 24.7. The number of primary amides is 4. The summed E-state index contributed by atoms with van der Waals surface area (Å²) in [7, 11) is -32.7. The van der Waals surface area contributed by atoms with Crippen molar-refractivity contribution in [2.24, 2.45) is 22.9 Å². The zero-order valence-electron chi connectivity index (χ0n) is 54.6. The number of carbonyl (C=O) groups excluding carboxylic acids is 4. The van der Waals surface area contributed by atoms with E-state index in [0.29, 0.717) is 9.13 Å². The molecule has 58 nitrogen and oxygen atoms in total. The molecule has 5 aliphatic heterocycles. The summed E-state index contributed by atoms with van der Waals surface area (Å²) in [6.07, 6.45) is -27.2. The van der Waals surface area contributed by atoms with Crippen LogP contribution in [0.3, 0.4) is 0 Å². The highest BCUT2D eigenvalue weighted by Gasteiger charge is 2.56. The summed E-state index contributed by atoms with van der Waals surface area (Å²) in [4.78, 5) is 200. The molecule has 9 heterocycles. The van der Waals surface area contributed by atoms with Gasteiger partial charge in [0, 0.05) is 47.0 Å². The maximum absolute atomic E-state index is 12.3. The van der Waals surface area contributed by atoms with Gasteiger partial charge in [-0.1, -0.05) is 0 Å². The fourth-order valence-electron chi connectivity index (χ4n) is 9.79. The molecule has 111 heavy (non-hydrogen) atoms. The zero-order chi connectivity index (χ0) is 84.1.